The van der Waals surface area contributed by atoms with Crippen LogP contribution in [0.25, 0.3) is 0 Å². The number of hydrogen-bond donors (Lipinski definition) is 0. The summed E-state index contributed by atoms with van der Waals surface area (Å²) in [5.74, 6) is -0.349. The van der Waals surface area contributed by atoms with Crippen LogP contribution in [-0.4, -0.2) is 18.9 Å². The van der Waals surface area contributed by atoms with Crippen LogP contribution >= 0.6 is 0 Å². The molecule has 1 aliphatic carbocycles. The van der Waals surface area contributed by atoms with Crippen LogP contribution in [0.4, 0.5) is 10.1 Å². The fourth-order valence-electron chi connectivity index (χ4n) is 2.01. The van der Waals surface area contributed by atoms with Crippen molar-refractivity contribution in [1.82, 2.24) is 0 Å². The van der Waals surface area contributed by atoms with E-state index in [1.807, 2.05) is 0 Å². The van der Waals surface area contributed by atoms with Gasteiger partial charge < -0.3 is 4.90 Å². The Labute approximate surface area is 95.1 Å². The van der Waals surface area contributed by atoms with Crippen molar-refractivity contribution in [1.29, 1.82) is 0 Å². The lowest BCUT2D eigenvalue weighted by Crippen LogP contribution is -2.27. The topological polar surface area (TPSA) is 20.3 Å². The van der Waals surface area contributed by atoms with E-state index in [2.05, 4.69) is 11.8 Å². The van der Waals surface area contributed by atoms with Gasteiger partial charge in [0.05, 0.1) is 0 Å². The van der Waals surface area contributed by atoms with Gasteiger partial charge in [-0.3, -0.25) is 4.79 Å². The highest BCUT2D eigenvalue weighted by molar-refractivity contribution is 5.84. The summed E-state index contributed by atoms with van der Waals surface area (Å²) in [6.45, 7) is 3.04. The predicted molar refractivity (Wildman–Crippen MR) is 62.4 cm³/mol. The summed E-state index contributed by atoms with van der Waals surface area (Å²) in [5, 5.41) is 0. The normalized spacial score (nSPS) is 14.9. The number of anilines is 1. The van der Waals surface area contributed by atoms with Gasteiger partial charge in [0.1, 0.15) is 5.82 Å². The smallest absolute Gasteiger partial charge is 0.152 e. The van der Waals surface area contributed by atoms with Crippen LogP contribution in [0.1, 0.15) is 36.5 Å². The molecule has 0 aromatic heterocycles. The molecule has 0 amide bonds. The summed E-state index contributed by atoms with van der Waals surface area (Å²) in [4.78, 5) is 13.2. The minimum Gasteiger partial charge on any atom is -0.368 e. The average molecular weight is 221 g/mol. The van der Waals surface area contributed by atoms with E-state index in [-0.39, 0.29) is 5.82 Å². The molecule has 0 radical (unpaired) electrons. The molecule has 3 heteroatoms. The average Bonchev–Trinajstić information content (AvgIpc) is 3.10. The van der Waals surface area contributed by atoms with Gasteiger partial charge in [0.15, 0.2) is 6.29 Å². The Morgan fingerprint density at radius 3 is 2.81 bits per heavy atom. The van der Waals surface area contributed by atoms with Crippen LogP contribution < -0.4 is 4.90 Å². The maximum absolute atomic E-state index is 13.0. The van der Waals surface area contributed by atoms with Gasteiger partial charge in [-0.05, 0) is 37.5 Å². The molecule has 2 rings (SSSR count). The molecule has 1 saturated carbocycles. The third-order valence-corrected chi connectivity index (χ3v) is 2.88. The molecule has 0 saturated heterocycles. The van der Waals surface area contributed by atoms with Crippen LogP contribution in [0.2, 0.25) is 0 Å². The zero-order valence-corrected chi connectivity index (χ0v) is 9.45. The minimum absolute atomic E-state index is 0.349. The highest BCUT2D eigenvalue weighted by Gasteiger charge is 2.29. The molecule has 0 bridgehead atoms. The lowest BCUT2D eigenvalue weighted by molar-refractivity contribution is 0.112. The van der Waals surface area contributed by atoms with E-state index in [4.69, 9.17) is 0 Å². The number of aldehydes is 1. The van der Waals surface area contributed by atoms with Gasteiger partial charge in [-0.15, -0.1) is 0 Å². The quantitative estimate of drug-likeness (QED) is 0.712. The molecule has 0 spiro atoms. The minimum atomic E-state index is -0.349. The SMILES string of the molecule is CCCN(c1ccc(F)cc1C=O)C1CC1. The monoisotopic (exact) mass is 221 g/mol. The van der Waals surface area contributed by atoms with Crippen LogP contribution in [0.15, 0.2) is 18.2 Å². The lowest BCUT2D eigenvalue weighted by Gasteiger charge is -2.25. The maximum atomic E-state index is 13.0. The van der Waals surface area contributed by atoms with Crippen molar-refractivity contribution in [3.8, 4) is 0 Å². The van der Waals surface area contributed by atoms with Crippen LogP contribution in [0.5, 0.6) is 0 Å². The molecule has 0 unspecified atom stereocenters. The van der Waals surface area contributed by atoms with Crippen molar-refractivity contribution < 1.29 is 9.18 Å². The summed E-state index contributed by atoms with van der Waals surface area (Å²) in [7, 11) is 0. The number of halogens is 1. The van der Waals surface area contributed by atoms with Gasteiger partial charge in [0, 0.05) is 23.8 Å². The number of rotatable bonds is 5. The molecular weight excluding hydrogens is 205 g/mol. The fraction of sp³-hybridized carbons (Fsp3) is 0.462. The summed E-state index contributed by atoms with van der Waals surface area (Å²) in [5.41, 5.74) is 1.33. The van der Waals surface area contributed by atoms with Crippen LogP contribution in [0, 0.1) is 5.82 Å². The molecule has 0 atom stereocenters. The van der Waals surface area contributed by atoms with E-state index in [9.17, 15) is 9.18 Å². The van der Waals surface area contributed by atoms with Gasteiger partial charge in [-0.1, -0.05) is 6.92 Å². The summed E-state index contributed by atoms with van der Waals surface area (Å²) < 4.78 is 13.0. The van der Waals surface area contributed by atoms with E-state index in [0.29, 0.717) is 11.6 Å². The molecule has 1 aliphatic rings. The second-order valence-electron chi connectivity index (χ2n) is 4.25. The summed E-state index contributed by atoms with van der Waals surface area (Å²) >= 11 is 0. The summed E-state index contributed by atoms with van der Waals surface area (Å²) in [6.07, 6.45) is 4.13. The van der Waals surface area contributed by atoms with Crippen molar-refractivity contribution in [2.75, 3.05) is 11.4 Å². The molecule has 2 nitrogen and oxygen atoms in total. The first-order chi connectivity index (χ1) is 7.76. The standard InChI is InChI=1S/C13H16FNO/c1-2-7-15(12-4-5-12)13-6-3-11(14)8-10(13)9-16/h3,6,8-9,12H,2,4-5,7H2,1H3. The van der Waals surface area contributed by atoms with Crippen molar-refractivity contribution in [2.45, 2.75) is 32.2 Å². The molecule has 0 N–H and O–H groups in total. The molecule has 0 aliphatic heterocycles. The van der Waals surface area contributed by atoms with Gasteiger partial charge in [-0.25, -0.2) is 4.39 Å². The van der Waals surface area contributed by atoms with E-state index in [1.165, 1.54) is 25.0 Å². The number of carbonyl (C=O) groups is 1. The van der Waals surface area contributed by atoms with Crippen LogP contribution in [0.3, 0.4) is 0 Å². The summed E-state index contributed by atoms with van der Waals surface area (Å²) in [6, 6.07) is 5.00. The highest BCUT2D eigenvalue weighted by Crippen LogP contribution is 2.33. The van der Waals surface area contributed by atoms with E-state index < -0.39 is 0 Å². The Morgan fingerprint density at radius 1 is 1.50 bits per heavy atom. The zero-order valence-electron chi connectivity index (χ0n) is 9.45. The highest BCUT2D eigenvalue weighted by atomic mass is 19.1. The van der Waals surface area contributed by atoms with Gasteiger partial charge >= 0.3 is 0 Å². The maximum Gasteiger partial charge on any atom is 0.152 e. The predicted octanol–water partition coefficient (Wildman–Crippen LogP) is 3.02. The Balaban J connectivity index is 2.31. The Kier molecular flexibility index (Phi) is 3.22. The molecular formula is C13H16FNO. The lowest BCUT2D eigenvalue weighted by atomic mass is 10.1. The Hall–Kier alpha value is -1.38. The first-order valence-electron chi connectivity index (χ1n) is 5.77. The van der Waals surface area contributed by atoms with Crippen molar-refractivity contribution in [3.63, 3.8) is 0 Å². The van der Waals surface area contributed by atoms with Gasteiger partial charge in [0.2, 0.25) is 0 Å². The first kappa shape index (κ1) is 11.1. The van der Waals surface area contributed by atoms with Crippen molar-refractivity contribution in [3.05, 3.63) is 29.6 Å². The van der Waals surface area contributed by atoms with E-state index in [1.54, 1.807) is 6.07 Å². The third kappa shape index (κ3) is 2.23. The molecule has 86 valence electrons. The van der Waals surface area contributed by atoms with Crippen molar-refractivity contribution in [2.24, 2.45) is 0 Å². The zero-order chi connectivity index (χ0) is 11.5. The van der Waals surface area contributed by atoms with Gasteiger partial charge in [0.25, 0.3) is 0 Å². The number of benzene rings is 1. The molecule has 16 heavy (non-hydrogen) atoms. The molecule has 1 aromatic rings. The van der Waals surface area contributed by atoms with Gasteiger partial charge in [-0.2, -0.15) is 0 Å². The van der Waals surface area contributed by atoms with Crippen LogP contribution in [-0.2, 0) is 0 Å². The number of nitrogens with zero attached hydrogens (tertiary/aromatic N) is 1. The Morgan fingerprint density at radius 2 is 2.25 bits per heavy atom. The largest absolute Gasteiger partial charge is 0.368 e. The van der Waals surface area contributed by atoms with E-state index in [0.717, 1.165) is 24.9 Å². The van der Waals surface area contributed by atoms with Crippen molar-refractivity contribution >= 4 is 12.0 Å². The second kappa shape index (κ2) is 4.64. The third-order valence-electron chi connectivity index (χ3n) is 2.88. The molecule has 1 fully saturated rings. The number of carbonyl (C=O) groups excluding carboxylic acids is 1. The second-order valence-corrected chi connectivity index (χ2v) is 4.25. The fourth-order valence-corrected chi connectivity index (χ4v) is 2.01. The Bertz CT molecular complexity index is 388. The number of hydrogen-bond acceptors (Lipinski definition) is 2. The molecule has 1 aromatic carbocycles. The van der Waals surface area contributed by atoms with E-state index >= 15 is 0 Å². The first-order valence-corrected chi connectivity index (χ1v) is 5.77. The molecule has 0 heterocycles.